The van der Waals surface area contributed by atoms with Gasteiger partial charge in [0.05, 0.1) is 4.90 Å². The number of sulfonamides is 1. The van der Waals surface area contributed by atoms with Crippen LogP contribution in [0.15, 0.2) is 29.2 Å². The second-order valence-corrected chi connectivity index (χ2v) is 6.37. The first-order chi connectivity index (χ1) is 8.51. The number of anilines is 2. The van der Waals surface area contributed by atoms with Crippen LogP contribution in [0.1, 0.15) is 5.01 Å². The summed E-state index contributed by atoms with van der Waals surface area (Å²) < 4.78 is 26.4. The second kappa shape index (κ2) is 4.91. The maximum Gasteiger partial charge on any atom is 0.263 e. The second-order valence-electron chi connectivity index (χ2n) is 3.51. The first-order valence-electron chi connectivity index (χ1n) is 5.12. The third-order valence-electron chi connectivity index (χ3n) is 2.20. The topological polar surface area (TPSA) is 84.0 Å². The molecule has 2 N–H and O–H groups in total. The summed E-state index contributed by atoms with van der Waals surface area (Å²) in [4.78, 5) is 0.189. The molecule has 0 unspecified atom stereocenters. The molecule has 96 valence electrons. The average molecular weight is 284 g/mol. The molecule has 0 atom stereocenters. The lowest BCUT2D eigenvalue weighted by atomic mass is 10.3. The molecule has 6 nitrogen and oxygen atoms in total. The number of nitrogens with one attached hydrogen (secondary N) is 2. The third kappa shape index (κ3) is 2.77. The highest BCUT2D eigenvalue weighted by Gasteiger charge is 2.16. The largest absolute Gasteiger partial charge is 0.388 e. The van der Waals surface area contributed by atoms with Crippen molar-refractivity contribution in [3.05, 3.63) is 29.3 Å². The summed E-state index contributed by atoms with van der Waals surface area (Å²) in [5.41, 5.74) is 0.848. The Hall–Kier alpha value is -1.67. The normalized spacial score (nSPS) is 11.2. The van der Waals surface area contributed by atoms with Crippen LogP contribution in [-0.4, -0.2) is 25.7 Å². The van der Waals surface area contributed by atoms with Crippen LogP contribution in [0, 0.1) is 6.92 Å². The van der Waals surface area contributed by atoms with Crippen molar-refractivity contribution in [3.63, 3.8) is 0 Å². The van der Waals surface area contributed by atoms with Crippen LogP contribution in [0.3, 0.4) is 0 Å². The van der Waals surface area contributed by atoms with Gasteiger partial charge in [-0.25, -0.2) is 8.42 Å². The standard InChI is InChI=1S/C10H12N4O2S2/c1-7-12-13-10(17-7)14-18(15,16)9-5-3-8(11-2)4-6-9/h3-6,11H,1-2H3,(H,13,14). The van der Waals surface area contributed by atoms with Crippen molar-refractivity contribution in [2.45, 2.75) is 11.8 Å². The van der Waals surface area contributed by atoms with E-state index in [4.69, 9.17) is 0 Å². The van der Waals surface area contributed by atoms with E-state index in [-0.39, 0.29) is 10.0 Å². The minimum absolute atomic E-state index is 0.189. The summed E-state index contributed by atoms with van der Waals surface area (Å²) in [5.74, 6) is 0. The molecular weight excluding hydrogens is 272 g/mol. The zero-order chi connectivity index (χ0) is 13.2. The predicted octanol–water partition coefficient (Wildman–Crippen LogP) is 1.69. The Kier molecular flexibility index (Phi) is 3.48. The summed E-state index contributed by atoms with van der Waals surface area (Å²) in [6, 6.07) is 6.45. The van der Waals surface area contributed by atoms with Gasteiger partial charge in [-0.15, -0.1) is 10.2 Å². The fourth-order valence-electron chi connectivity index (χ4n) is 1.31. The fraction of sp³-hybridized carbons (Fsp3) is 0.200. The summed E-state index contributed by atoms with van der Waals surface area (Å²) in [6.07, 6.45) is 0. The van der Waals surface area contributed by atoms with E-state index in [0.717, 1.165) is 5.69 Å². The molecule has 1 aromatic carbocycles. The smallest absolute Gasteiger partial charge is 0.263 e. The van der Waals surface area contributed by atoms with E-state index in [1.165, 1.54) is 23.5 Å². The van der Waals surface area contributed by atoms with Gasteiger partial charge >= 0.3 is 0 Å². The van der Waals surface area contributed by atoms with Gasteiger partial charge in [-0.05, 0) is 31.2 Å². The predicted molar refractivity (Wildman–Crippen MR) is 71.4 cm³/mol. The number of hydrogen-bond donors (Lipinski definition) is 2. The van der Waals surface area contributed by atoms with Crippen LogP contribution >= 0.6 is 11.3 Å². The lowest BCUT2D eigenvalue weighted by Crippen LogP contribution is -2.12. The Morgan fingerprint density at radius 1 is 1.17 bits per heavy atom. The first kappa shape index (κ1) is 12.8. The van der Waals surface area contributed by atoms with E-state index in [1.807, 2.05) is 0 Å². The lowest BCUT2D eigenvalue weighted by molar-refractivity contribution is 0.601. The van der Waals surface area contributed by atoms with Crippen molar-refractivity contribution < 1.29 is 8.42 Å². The van der Waals surface area contributed by atoms with E-state index in [9.17, 15) is 8.42 Å². The Morgan fingerprint density at radius 3 is 2.33 bits per heavy atom. The third-order valence-corrected chi connectivity index (χ3v) is 4.44. The fourth-order valence-corrected chi connectivity index (χ4v) is 3.13. The van der Waals surface area contributed by atoms with E-state index >= 15 is 0 Å². The van der Waals surface area contributed by atoms with Gasteiger partial charge in [0.1, 0.15) is 5.01 Å². The SMILES string of the molecule is CNc1ccc(S(=O)(=O)Nc2nnc(C)s2)cc1. The molecule has 0 amide bonds. The van der Waals surface area contributed by atoms with Gasteiger partial charge in [-0.1, -0.05) is 11.3 Å². The molecule has 0 fully saturated rings. The minimum Gasteiger partial charge on any atom is -0.388 e. The molecule has 0 radical (unpaired) electrons. The molecule has 18 heavy (non-hydrogen) atoms. The van der Waals surface area contributed by atoms with Gasteiger partial charge in [0.15, 0.2) is 0 Å². The number of benzene rings is 1. The van der Waals surface area contributed by atoms with Gasteiger partial charge in [0.2, 0.25) is 5.13 Å². The average Bonchev–Trinajstić information content (AvgIpc) is 2.74. The van der Waals surface area contributed by atoms with Gasteiger partial charge < -0.3 is 5.32 Å². The summed E-state index contributed by atoms with van der Waals surface area (Å²) in [7, 11) is -1.83. The quantitative estimate of drug-likeness (QED) is 0.892. The van der Waals surface area contributed by atoms with Crippen molar-refractivity contribution in [1.29, 1.82) is 0 Å². The summed E-state index contributed by atoms with van der Waals surface area (Å²) in [5, 5.41) is 11.4. The maximum absolute atomic E-state index is 12.0. The summed E-state index contributed by atoms with van der Waals surface area (Å²) in [6.45, 7) is 1.76. The molecule has 1 heterocycles. The van der Waals surface area contributed by atoms with Gasteiger partial charge in [0, 0.05) is 12.7 Å². The number of nitrogens with zero attached hydrogens (tertiary/aromatic N) is 2. The maximum atomic E-state index is 12.0. The van der Waals surface area contributed by atoms with Gasteiger partial charge in [0.25, 0.3) is 10.0 Å². The van der Waals surface area contributed by atoms with Gasteiger partial charge in [-0.2, -0.15) is 0 Å². The van der Waals surface area contributed by atoms with Crippen LogP contribution < -0.4 is 10.0 Å². The van der Waals surface area contributed by atoms with Crippen LogP contribution in [-0.2, 0) is 10.0 Å². The van der Waals surface area contributed by atoms with Crippen LogP contribution in [0.25, 0.3) is 0 Å². The Morgan fingerprint density at radius 2 is 1.83 bits per heavy atom. The molecule has 0 aliphatic heterocycles. The summed E-state index contributed by atoms with van der Waals surface area (Å²) >= 11 is 1.19. The van der Waals surface area contributed by atoms with Crippen molar-refractivity contribution in [2.24, 2.45) is 0 Å². The lowest BCUT2D eigenvalue weighted by Gasteiger charge is -2.05. The molecule has 2 aromatic rings. The van der Waals surface area contributed by atoms with E-state index < -0.39 is 10.0 Å². The monoisotopic (exact) mass is 284 g/mol. The molecule has 0 aliphatic rings. The van der Waals surface area contributed by atoms with E-state index in [2.05, 4.69) is 20.2 Å². The molecule has 2 rings (SSSR count). The van der Waals surface area contributed by atoms with Crippen LogP contribution in [0.2, 0.25) is 0 Å². The molecule has 8 heteroatoms. The highest BCUT2D eigenvalue weighted by Crippen LogP contribution is 2.20. The van der Waals surface area contributed by atoms with Crippen LogP contribution in [0.4, 0.5) is 10.8 Å². The Bertz CT molecular complexity index is 634. The molecule has 1 aromatic heterocycles. The number of aryl methyl sites for hydroxylation is 1. The molecule has 0 saturated carbocycles. The van der Waals surface area contributed by atoms with E-state index in [1.54, 1.807) is 26.1 Å². The highest BCUT2D eigenvalue weighted by atomic mass is 32.2. The van der Waals surface area contributed by atoms with Crippen molar-refractivity contribution in [3.8, 4) is 0 Å². The van der Waals surface area contributed by atoms with Crippen molar-refractivity contribution in [2.75, 3.05) is 17.1 Å². The molecule has 0 bridgehead atoms. The highest BCUT2D eigenvalue weighted by molar-refractivity contribution is 7.93. The van der Waals surface area contributed by atoms with Crippen molar-refractivity contribution in [1.82, 2.24) is 10.2 Å². The minimum atomic E-state index is -3.59. The first-order valence-corrected chi connectivity index (χ1v) is 7.42. The molecule has 0 saturated heterocycles. The Labute approximate surface area is 109 Å². The van der Waals surface area contributed by atoms with Gasteiger partial charge in [-0.3, -0.25) is 4.72 Å². The number of aromatic nitrogens is 2. The number of hydrogen-bond acceptors (Lipinski definition) is 6. The molecule has 0 spiro atoms. The Balaban J connectivity index is 2.24. The zero-order valence-corrected chi connectivity index (χ0v) is 11.5. The van der Waals surface area contributed by atoms with E-state index in [0.29, 0.717) is 5.01 Å². The molecular formula is C10H12N4O2S2. The van der Waals surface area contributed by atoms with Crippen molar-refractivity contribution >= 4 is 32.2 Å². The van der Waals surface area contributed by atoms with Crippen LogP contribution in [0.5, 0.6) is 0 Å². The number of rotatable bonds is 4. The zero-order valence-electron chi connectivity index (χ0n) is 9.84. The molecule has 0 aliphatic carbocycles.